The highest BCUT2D eigenvalue weighted by atomic mass is 16.3. The van der Waals surface area contributed by atoms with E-state index in [9.17, 15) is 5.11 Å². The SMILES string of the molecule is CCC(c1ccc(O)cc1)N(C)C1CCC(NC)CC1. The fourth-order valence-electron chi connectivity index (χ4n) is 3.48. The zero-order valence-corrected chi connectivity index (χ0v) is 13.0. The first-order chi connectivity index (χ1) is 9.65. The summed E-state index contributed by atoms with van der Waals surface area (Å²) < 4.78 is 0. The Kier molecular flexibility index (Phi) is 5.44. The average Bonchev–Trinajstić information content (AvgIpc) is 2.50. The molecule has 0 spiro atoms. The summed E-state index contributed by atoms with van der Waals surface area (Å²) in [5.41, 5.74) is 1.31. The second-order valence-corrected chi connectivity index (χ2v) is 5.98. The van der Waals surface area contributed by atoms with Crippen LogP contribution < -0.4 is 5.32 Å². The monoisotopic (exact) mass is 276 g/mol. The Morgan fingerprint density at radius 1 is 1.20 bits per heavy atom. The fraction of sp³-hybridized carbons (Fsp3) is 0.647. The lowest BCUT2D eigenvalue weighted by Crippen LogP contribution is -2.41. The summed E-state index contributed by atoms with van der Waals surface area (Å²) in [6.07, 6.45) is 6.20. The Hall–Kier alpha value is -1.06. The summed E-state index contributed by atoms with van der Waals surface area (Å²) in [4.78, 5) is 2.54. The molecular weight excluding hydrogens is 248 g/mol. The molecule has 0 aromatic heterocycles. The Morgan fingerprint density at radius 3 is 2.30 bits per heavy atom. The lowest BCUT2D eigenvalue weighted by Gasteiger charge is -2.39. The van der Waals surface area contributed by atoms with Crippen molar-refractivity contribution in [2.45, 2.75) is 57.2 Å². The van der Waals surface area contributed by atoms with E-state index in [0.29, 0.717) is 23.9 Å². The maximum atomic E-state index is 9.43. The molecule has 0 amide bonds. The molecule has 1 aliphatic carbocycles. The van der Waals surface area contributed by atoms with Crippen molar-refractivity contribution in [2.75, 3.05) is 14.1 Å². The molecule has 1 unspecified atom stereocenters. The number of aromatic hydroxyl groups is 1. The van der Waals surface area contributed by atoms with Crippen LogP contribution in [-0.4, -0.2) is 36.2 Å². The topological polar surface area (TPSA) is 35.5 Å². The summed E-state index contributed by atoms with van der Waals surface area (Å²) >= 11 is 0. The largest absolute Gasteiger partial charge is 0.508 e. The standard InChI is InChI=1S/C17H28N2O/c1-4-17(13-5-11-16(20)12-6-13)19(3)15-9-7-14(18-2)8-10-15/h5-6,11-12,14-15,17-18,20H,4,7-10H2,1-3H3. The zero-order valence-electron chi connectivity index (χ0n) is 13.0. The molecule has 20 heavy (non-hydrogen) atoms. The first kappa shape index (κ1) is 15.3. The zero-order chi connectivity index (χ0) is 14.5. The summed E-state index contributed by atoms with van der Waals surface area (Å²) in [6, 6.07) is 9.53. The van der Waals surface area contributed by atoms with Crippen LogP contribution in [0.2, 0.25) is 0 Å². The highest BCUT2D eigenvalue weighted by molar-refractivity contribution is 5.28. The van der Waals surface area contributed by atoms with Crippen LogP contribution in [0.5, 0.6) is 5.75 Å². The number of nitrogens with zero attached hydrogens (tertiary/aromatic N) is 1. The molecule has 3 heteroatoms. The molecule has 1 fully saturated rings. The Morgan fingerprint density at radius 2 is 1.80 bits per heavy atom. The van der Waals surface area contributed by atoms with Crippen molar-refractivity contribution in [3.8, 4) is 5.75 Å². The van der Waals surface area contributed by atoms with Crippen molar-refractivity contribution in [1.82, 2.24) is 10.2 Å². The van der Waals surface area contributed by atoms with Crippen LogP contribution in [0, 0.1) is 0 Å². The molecule has 1 aromatic rings. The van der Waals surface area contributed by atoms with Gasteiger partial charge in [0.15, 0.2) is 0 Å². The predicted octanol–water partition coefficient (Wildman–Crippen LogP) is 3.31. The van der Waals surface area contributed by atoms with Crippen molar-refractivity contribution in [3.05, 3.63) is 29.8 Å². The summed E-state index contributed by atoms with van der Waals surface area (Å²) in [6.45, 7) is 2.24. The second-order valence-electron chi connectivity index (χ2n) is 5.98. The lowest BCUT2D eigenvalue weighted by atomic mass is 9.88. The smallest absolute Gasteiger partial charge is 0.115 e. The van der Waals surface area contributed by atoms with E-state index in [1.807, 2.05) is 0 Å². The van der Waals surface area contributed by atoms with Gasteiger partial charge in [0.2, 0.25) is 0 Å². The van der Waals surface area contributed by atoms with Gasteiger partial charge in [0.05, 0.1) is 0 Å². The molecule has 2 rings (SSSR count). The van der Waals surface area contributed by atoms with Gasteiger partial charge in [0, 0.05) is 18.1 Å². The number of nitrogens with one attached hydrogen (secondary N) is 1. The van der Waals surface area contributed by atoms with Gasteiger partial charge in [-0.25, -0.2) is 0 Å². The Labute approximate surface area is 123 Å². The second kappa shape index (κ2) is 7.09. The van der Waals surface area contributed by atoms with Crippen LogP contribution in [0.25, 0.3) is 0 Å². The molecule has 2 N–H and O–H groups in total. The van der Waals surface area contributed by atoms with Gasteiger partial charge in [0.1, 0.15) is 5.75 Å². The van der Waals surface area contributed by atoms with E-state index in [-0.39, 0.29) is 0 Å². The van der Waals surface area contributed by atoms with Crippen molar-refractivity contribution in [2.24, 2.45) is 0 Å². The average molecular weight is 276 g/mol. The van der Waals surface area contributed by atoms with Gasteiger partial charge in [0.25, 0.3) is 0 Å². The van der Waals surface area contributed by atoms with E-state index in [1.54, 1.807) is 12.1 Å². The van der Waals surface area contributed by atoms with E-state index in [0.717, 1.165) is 6.42 Å². The highest BCUT2D eigenvalue weighted by Gasteiger charge is 2.27. The minimum Gasteiger partial charge on any atom is -0.508 e. The molecule has 0 heterocycles. The minimum atomic E-state index is 0.348. The minimum absolute atomic E-state index is 0.348. The third kappa shape index (κ3) is 3.53. The van der Waals surface area contributed by atoms with Crippen LogP contribution in [-0.2, 0) is 0 Å². The number of rotatable bonds is 5. The maximum absolute atomic E-state index is 9.43. The van der Waals surface area contributed by atoms with Crippen LogP contribution in [0.1, 0.15) is 50.6 Å². The van der Waals surface area contributed by atoms with Crippen molar-refractivity contribution in [3.63, 3.8) is 0 Å². The number of phenolic OH excluding ortho intramolecular Hbond substituents is 1. The molecule has 1 aromatic carbocycles. The van der Waals surface area contributed by atoms with Gasteiger partial charge in [-0.3, -0.25) is 4.90 Å². The first-order valence-electron chi connectivity index (χ1n) is 7.83. The van der Waals surface area contributed by atoms with Crippen molar-refractivity contribution >= 4 is 0 Å². The van der Waals surface area contributed by atoms with Crippen molar-refractivity contribution in [1.29, 1.82) is 0 Å². The van der Waals surface area contributed by atoms with Gasteiger partial charge in [-0.1, -0.05) is 19.1 Å². The summed E-state index contributed by atoms with van der Waals surface area (Å²) in [5.74, 6) is 0.348. The van der Waals surface area contributed by atoms with E-state index < -0.39 is 0 Å². The lowest BCUT2D eigenvalue weighted by molar-refractivity contribution is 0.124. The van der Waals surface area contributed by atoms with Crippen LogP contribution in [0.3, 0.4) is 0 Å². The molecule has 0 saturated heterocycles. The molecule has 1 saturated carbocycles. The van der Waals surface area contributed by atoms with Gasteiger partial charge in [-0.05, 0) is 63.9 Å². The highest BCUT2D eigenvalue weighted by Crippen LogP contribution is 2.31. The van der Waals surface area contributed by atoms with E-state index in [2.05, 4.69) is 43.4 Å². The third-order valence-electron chi connectivity index (χ3n) is 4.84. The number of hydrogen-bond acceptors (Lipinski definition) is 3. The predicted molar refractivity (Wildman–Crippen MR) is 84.0 cm³/mol. The molecule has 0 bridgehead atoms. The molecule has 1 aliphatic rings. The number of phenols is 1. The first-order valence-corrected chi connectivity index (χ1v) is 7.83. The molecular formula is C17H28N2O. The molecule has 112 valence electrons. The van der Waals surface area contributed by atoms with Crippen LogP contribution in [0.15, 0.2) is 24.3 Å². The van der Waals surface area contributed by atoms with E-state index >= 15 is 0 Å². The quantitative estimate of drug-likeness (QED) is 0.866. The summed E-state index contributed by atoms with van der Waals surface area (Å²) in [7, 11) is 4.32. The van der Waals surface area contributed by atoms with Gasteiger partial charge >= 0.3 is 0 Å². The Balaban J connectivity index is 2.02. The normalized spacial score (nSPS) is 24.8. The third-order valence-corrected chi connectivity index (χ3v) is 4.84. The summed E-state index contributed by atoms with van der Waals surface area (Å²) in [5, 5.41) is 12.8. The van der Waals surface area contributed by atoms with E-state index in [4.69, 9.17) is 0 Å². The van der Waals surface area contributed by atoms with Gasteiger partial charge in [-0.15, -0.1) is 0 Å². The maximum Gasteiger partial charge on any atom is 0.115 e. The van der Waals surface area contributed by atoms with Gasteiger partial charge in [-0.2, -0.15) is 0 Å². The molecule has 0 radical (unpaired) electrons. The van der Waals surface area contributed by atoms with E-state index in [1.165, 1.54) is 31.2 Å². The molecule has 0 aliphatic heterocycles. The number of benzene rings is 1. The molecule has 3 nitrogen and oxygen atoms in total. The van der Waals surface area contributed by atoms with Crippen LogP contribution >= 0.6 is 0 Å². The van der Waals surface area contributed by atoms with Crippen LogP contribution in [0.4, 0.5) is 0 Å². The Bertz CT molecular complexity index is 396. The molecule has 1 atom stereocenters. The van der Waals surface area contributed by atoms with Crippen molar-refractivity contribution < 1.29 is 5.11 Å². The van der Waals surface area contributed by atoms with Gasteiger partial charge < -0.3 is 10.4 Å². The fourth-order valence-corrected chi connectivity index (χ4v) is 3.48. The number of hydrogen-bond donors (Lipinski definition) is 2.